The third-order valence-corrected chi connectivity index (χ3v) is 3.82. The van der Waals surface area contributed by atoms with E-state index in [1.807, 2.05) is 27.7 Å². The molecule has 0 spiro atoms. The highest BCUT2D eigenvalue weighted by Gasteiger charge is 2.27. The topological polar surface area (TPSA) is 93.7 Å². The Morgan fingerprint density at radius 1 is 1.32 bits per heavy atom. The van der Waals surface area contributed by atoms with E-state index in [0.717, 1.165) is 16.7 Å². The first-order chi connectivity index (χ1) is 11.6. The van der Waals surface area contributed by atoms with Crippen LogP contribution in [0.25, 0.3) is 0 Å². The second-order valence-electron chi connectivity index (χ2n) is 7.11. The van der Waals surface area contributed by atoms with Crippen LogP contribution in [0.15, 0.2) is 12.1 Å². The molecular formula is C18H24N2O5. The lowest BCUT2D eigenvalue weighted by atomic mass is 9.94. The van der Waals surface area contributed by atoms with Crippen LogP contribution in [-0.4, -0.2) is 30.1 Å². The molecule has 0 aliphatic carbocycles. The maximum Gasteiger partial charge on any atom is 0.407 e. The van der Waals surface area contributed by atoms with Crippen LogP contribution in [0, 0.1) is 6.92 Å². The van der Waals surface area contributed by atoms with Gasteiger partial charge in [0, 0.05) is 18.0 Å². The van der Waals surface area contributed by atoms with Gasteiger partial charge in [-0.25, -0.2) is 9.59 Å². The predicted molar refractivity (Wildman–Crippen MR) is 91.1 cm³/mol. The maximum atomic E-state index is 11.9. The molecule has 1 atom stereocenters. The van der Waals surface area contributed by atoms with E-state index in [0.29, 0.717) is 5.56 Å². The fourth-order valence-corrected chi connectivity index (χ4v) is 2.70. The molecule has 2 N–H and O–H groups in total. The van der Waals surface area contributed by atoms with Gasteiger partial charge in [-0.15, -0.1) is 0 Å². The summed E-state index contributed by atoms with van der Waals surface area (Å²) in [6, 6.07) is 2.92. The first-order valence-corrected chi connectivity index (χ1v) is 8.10. The van der Waals surface area contributed by atoms with Crippen LogP contribution < -0.4 is 10.6 Å². The van der Waals surface area contributed by atoms with Gasteiger partial charge in [0.15, 0.2) is 0 Å². The lowest BCUT2D eigenvalue weighted by Crippen LogP contribution is -2.42. The van der Waals surface area contributed by atoms with E-state index in [1.54, 1.807) is 12.1 Å². The molecule has 0 radical (unpaired) electrons. The summed E-state index contributed by atoms with van der Waals surface area (Å²) in [6.07, 6.45) is -0.555. The van der Waals surface area contributed by atoms with Gasteiger partial charge in [-0.05, 0) is 44.9 Å². The number of fused-ring (bicyclic) bond motifs is 1. The molecule has 0 unspecified atom stereocenters. The normalized spacial score (nSPS) is 14.4. The molecule has 2 rings (SSSR count). The largest absolute Gasteiger partial charge is 0.457 e. The summed E-state index contributed by atoms with van der Waals surface area (Å²) in [5, 5.41) is 5.49. The first-order valence-electron chi connectivity index (χ1n) is 8.10. The quantitative estimate of drug-likeness (QED) is 0.815. The number of ether oxygens (including phenoxy) is 2. The molecule has 25 heavy (non-hydrogen) atoms. The minimum Gasteiger partial charge on any atom is -0.457 e. The molecule has 0 bridgehead atoms. The average molecular weight is 348 g/mol. The average Bonchev–Trinajstić information content (AvgIpc) is 2.84. The van der Waals surface area contributed by atoms with E-state index in [2.05, 4.69) is 10.6 Å². The van der Waals surface area contributed by atoms with Gasteiger partial charge in [-0.2, -0.15) is 0 Å². The molecule has 1 aliphatic rings. The van der Waals surface area contributed by atoms with E-state index in [-0.39, 0.29) is 25.1 Å². The molecule has 0 saturated carbocycles. The van der Waals surface area contributed by atoms with E-state index in [1.165, 1.54) is 6.92 Å². The summed E-state index contributed by atoms with van der Waals surface area (Å²) in [4.78, 5) is 35.1. The first kappa shape index (κ1) is 18.8. The van der Waals surface area contributed by atoms with Crippen molar-refractivity contribution in [3.8, 4) is 0 Å². The molecule has 136 valence electrons. The van der Waals surface area contributed by atoms with Gasteiger partial charge in [0.25, 0.3) is 0 Å². The van der Waals surface area contributed by atoms with Crippen LogP contribution in [0.2, 0.25) is 0 Å². The third-order valence-electron chi connectivity index (χ3n) is 3.82. The molecule has 7 heteroatoms. The minimum atomic E-state index is -0.555. The fraction of sp³-hybridized carbons (Fsp3) is 0.500. The van der Waals surface area contributed by atoms with Gasteiger partial charge >= 0.3 is 12.1 Å². The van der Waals surface area contributed by atoms with Crippen molar-refractivity contribution in [1.29, 1.82) is 0 Å². The summed E-state index contributed by atoms with van der Waals surface area (Å²) < 4.78 is 10.3. The standard InChI is InChI=1S/C18H24N2O5/c1-10-12(6-7-13-14(10)8-24-16(13)22)15(19-11(2)21)9-25-17(23)20-18(3,4)5/h6-7,15H,8-9H2,1-5H3,(H,19,21)(H,20,23)/t15-/m0/s1. The zero-order valence-corrected chi connectivity index (χ0v) is 15.2. The number of carbonyl (C=O) groups excluding carboxylic acids is 3. The SMILES string of the molecule is CC(=O)N[C@@H](COC(=O)NC(C)(C)C)c1ccc2c(c1C)COC2=O. The van der Waals surface area contributed by atoms with Crippen molar-refractivity contribution in [3.63, 3.8) is 0 Å². The fourth-order valence-electron chi connectivity index (χ4n) is 2.70. The monoisotopic (exact) mass is 348 g/mol. The van der Waals surface area contributed by atoms with Crippen LogP contribution >= 0.6 is 0 Å². The lowest BCUT2D eigenvalue weighted by molar-refractivity contribution is -0.120. The summed E-state index contributed by atoms with van der Waals surface area (Å²) in [7, 11) is 0. The molecule has 1 aliphatic heterocycles. The second kappa shape index (κ2) is 7.13. The number of nitrogens with one attached hydrogen (secondary N) is 2. The molecule has 0 fully saturated rings. The number of hydrogen-bond donors (Lipinski definition) is 2. The number of amides is 2. The van der Waals surface area contributed by atoms with Crippen molar-refractivity contribution in [2.75, 3.05) is 6.61 Å². The Labute approximate surface area is 147 Å². The number of cyclic esters (lactones) is 1. The smallest absolute Gasteiger partial charge is 0.407 e. The van der Waals surface area contributed by atoms with Crippen LogP contribution in [0.3, 0.4) is 0 Å². The molecule has 0 aromatic heterocycles. The Kier molecular flexibility index (Phi) is 5.35. The van der Waals surface area contributed by atoms with Crippen molar-refractivity contribution < 1.29 is 23.9 Å². The number of hydrogen-bond acceptors (Lipinski definition) is 5. The number of rotatable bonds is 4. The van der Waals surface area contributed by atoms with Crippen molar-refractivity contribution in [1.82, 2.24) is 10.6 Å². The Morgan fingerprint density at radius 3 is 2.60 bits per heavy atom. The molecule has 1 heterocycles. The third kappa shape index (κ3) is 4.71. The van der Waals surface area contributed by atoms with Crippen molar-refractivity contribution >= 4 is 18.0 Å². The van der Waals surface area contributed by atoms with Gasteiger partial charge in [0.2, 0.25) is 5.91 Å². The number of benzene rings is 1. The predicted octanol–water partition coefficient (Wildman–Crippen LogP) is 2.37. The minimum absolute atomic E-state index is 0.0179. The molecule has 7 nitrogen and oxygen atoms in total. The van der Waals surface area contributed by atoms with Crippen molar-refractivity contribution in [2.24, 2.45) is 0 Å². The summed E-state index contributed by atoms with van der Waals surface area (Å²) in [5.41, 5.74) is 2.56. The van der Waals surface area contributed by atoms with Crippen LogP contribution in [0.1, 0.15) is 60.8 Å². The van der Waals surface area contributed by atoms with Gasteiger partial charge in [0.05, 0.1) is 11.6 Å². The molecular weight excluding hydrogens is 324 g/mol. The summed E-state index contributed by atoms with van der Waals surface area (Å²) in [6.45, 7) is 9.00. The second-order valence-corrected chi connectivity index (χ2v) is 7.11. The summed E-state index contributed by atoms with van der Waals surface area (Å²) >= 11 is 0. The van der Waals surface area contributed by atoms with E-state index in [9.17, 15) is 14.4 Å². The highest BCUT2D eigenvalue weighted by atomic mass is 16.5. The molecule has 1 aromatic carbocycles. The lowest BCUT2D eigenvalue weighted by Gasteiger charge is -2.24. The summed E-state index contributed by atoms with van der Waals surface area (Å²) in [5.74, 6) is -0.585. The Balaban J connectivity index is 2.19. The van der Waals surface area contributed by atoms with Crippen LogP contribution in [0.5, 0.6) is 0 Å². The molecule has 1 aromatic rings. The van der Waals surface area contributed by atoms with E-state index >= 15 is 0 Å². The van der Waals surface area contributed by atoms with Gasteiger partial charge in [-0.1, -0.05) is 6.07 Å². The zero-order valence-electron chi connectivity index (χ0n) is 15.2. The van der Waals surface area contributed by atoms with Crippen LogP contribution in [-0.2, 0) is 20.9 Å². The van der Waals surface area contributed by atoms with Gasteiger partial charge in [-0.3, -0.25) is 4.79 Å². The molecule has 2 amide bonds. The Morgan fingerprint density at radius 2 is 2.00 bits per heavy atom. The number of esters is 1. The highest BCUT2D eigenvalue weighted by Crippen LogP contribution is 2.29. The zero-order chi connectivity index (χ0) is 18.8. The highest BCUT2D eigenvalue weighted by molar-refractivity contribution is 5.94. The Hall–Kier alpha value is -2.57. The molecule has 0 saturated heterocycles. The van der Waals surface area contributed by atoms with E-state index < -0.39 is 17.7 Å². The maximum absolute atomic E-state index is 11.9. The van der Waals surface area contributed by atoms with Crippen molar-refractivity contribution in [3.05, 3.63) is 34.4 Å². The van der Waals surface area contributed by atoms with Crippen molar-refractivity contribution in [2.45, 2.75) is 52.8 Å². The number of alkyl carbamates (subject to hydrolysis) is 1. The number of carbonyl (C=O) groups is 3. The van der Waals surface area contributed by atoms with E-state index in [4.69, 9.17) is 9.47 Å². The van der Waals surface area contributed by atoms with Crippen LogP contribution in [0.4, 0.5) is 4.79 Å². The Bertz CT molecular complexity index is 706. The van der Waals surface area contributed by atoms with Gasteiger partial charge in [0.1, 0.15) is 13.2 Å². The van der Waals surface area contributed by atoms with Gasteiger partial charge < -0.3 is 20.1 Å².